The average molecular weight is 230 g/mol. The van der Waals surface area contributed by atoms with Gasteiger partial charge in [0.1, 0.15) is 0 Å². The maximum atomic E-state index is 3.90. The van der Waals surface area contributed by atoms with Crippen molar-refractivity contribution in [3.8, 4) is 0 Å². The minimum Gasteiger partial charge on any atom is -0.103 e. The zero-order chi connectivity index (χ0) is 12.1. The van der Waals surface area contributed by atoms with E-state index in [1.54, 1.807) is 5.92 Å². The van der Waals surface area contributed by atoms with Gasteiger partial charge in [-0.3, -0.25) is 0 Å². The predicted octanol–water partition coefficient (Wildman–Crippen LogP) is 5.28. The first-order valence-corrected chi connectivity index (χ1v) is 7.26. The van der Waals surface area contributed by atoms with Crippen molar-refractivity contribution >= 4 is 0 Å². The van der Waals surface area contributed by atoms with E-state index in [4.69, 9.17) is 0 Å². The summed E-state index contributed by atoms with van der Waals surface area (Å²) in [6.45, 7) is 7.76. The lowest BCUT2D eigenvalue weighted by molar-refractivity contribution is 0.298. The van der Waals surface area contributed by atoms with Gasteiger partial charge < -0.3 is 0 Å². The summed E-state index contributed by atoms with van der Waals surface area (Å²) in [5.41, 5.74) is 0. The van der Waals surface area contributed by atoms with Crippen LogP contribution in [0.25, 0.3) is 0 Å². The van der Waals surface area contributed by atoms with Crippen LogP contribution >= 0.6 is 0 Å². The SMILES string of the molecule is C=CCC1CC[C](C2CC[C](C=C)CC2)CC1. The Morgan fingerprint density at radius 3 is 2.12 bits per heavy atom. The van der Waals surface area contributed by atoms with Gasteiger partial charge in [-0.25, -0.2) is 0 Å². The lowest BCUT2D eigenvalue weighted by atomic mass is 9.69. The summed E-state index contributed by atoms with van der Waals surface area (Å²) in [5.74, 6) is 5.33. The van der Waals surface area contributed by atoms with Crippen LogP contribution in [0.3, 0.4) is 0 Å². The molecule has 0 amide bonds. The van der Waals surface area contributed by atoms with Gasteiger partial charge in [-0.2, -0.15) is 0 Å². The molecule has 2 aliphatic carbocycles. The number of allylic oxidation sites excluding steroid dienone is 2. The minimum atomic E-state index is 0.926. The quantitative estimate of drug-likeness (QED) is 0.576. The zero-order valence-electron chi connectivity index (χ0n) is 11.1. The van der Waals surface area contributed by atoms with Crippen LogP contribution in [0.15, 0.2) is 25.3 Å². The minimum absolute atomic E-state index is 0.926. The van der Waals surface area contributed by atoms with E-state index < -0.39 is 0 Å². The van der Waals surface area contributed by atoms with Gasteiger partial charge in [0.2, 0.25) is 0 Å². The predicted molar refractivity (Wildman–Crippen MR) is 75.4 cm³/mol. The summed E-state index contributed by atoms with van der Waals surface area (Å²) in [4.78, 5) is 0. The Hall–Kier alpha value is -0.520. The summed E-state index contributed by atoms with van der Waals surface area (Å²) < 4.78 is 0. The molecule has 0 heterocycles. The van der Waals surface area contributed by atoms with Gasteiger partial charge in [0.25, 0.3) is 0 Å². The van der Waals surface area contributed by atoms with Crippen molar-refractivity contribution in [1.82, 2.24) is 0 Å². The molecule has 0 atom stereocenters. The van der Waals surface area contributed by atoms with E-state index in [1.165, 1.54) is 57.8 Å². The summed E-state index contributed by atoms with van der Waals surface area (Å²) in [6.07, 6.45) is 16.4. The molecule has 2 fully saturated rings. The Balaban J connectivity index is 1.74. The average Bonchev–Trinajstić information content (AvgIpc) is 2.40. The summed E-state index contributed by atoms with van der Waals surface area (Å²) in [5, 5.41) is 0. The second kappa shape index (κ2) is 6.42. The molecule has 0 N–H and O–H groups in total. The van der Waals surface area contributed by atoms with Crippen molar-refractivity contribution in [3.05, 3.63) is 37.1 Å². The summed E-state index contributed by atoms with van der Waals surface area (Å²) >= 11 is 0. The Morgan fingerprint density at radius 1 is 0.941 bits per heavy atom. The zero-order valence-corrected chi connectivity index (χ0v) is 11.1. The van der Waals surface area contributed by atoms with Crippen LogP contribution in [0.5, 0.6) is 0 Å². The fourth-order valence-corrected chi connectivity index (χ4v) is 3.53. The molecule has 2 rings (SSSR count). The molecule has 0 aromatic carbocycles. The van der Waals surface area contributed by atoms with Gasteiger partial charge >= 0.3 is 0 Å². The summed E-state index contributed by atoms with van der Waals surface area (Å²) in [7, 11) is 0. The first-order valence-electron chi connectivity index (χ1n) is 7.26. The maximum Gasteiger partial charge on any atom is -0.00299 e. The first-order chi connectivity index (χ1) is 8.33. The molecule has 0 nitrogen and oxygen atoms in total. The van der Waals surface area contributed by atoms with Crippen LogP contribution in [-0.4, -0.2) is 0 Å². The molecule has 0 aliphatic heterocycles. The van der Waals surface area contributed by atoms with Crippen LogP contribution in [-0.2, 0) is 0 Å². The van der Waals surface area contributed by atoms with E-state index in [1.807, 2.05) is 5.92 Å². The molecule has 0 bridgehead atoms. The lowest BCUT2D eigenvalue weighted by Crippen LogP contribution is -2.23. The van der Waals surface area contributed by atoms with Gasteiger partial charge in [0.05, 0.1) is 0 Å². The molecule has 2 radical (unpaired) electrons. The van der Waals surface area contributed by atoms with Crippen LogP contribution in [0.4, 0.5) is 0 Å². The van der Waals surface area contributed by atoms with Crippen molar-refractivity contribution in [2.75, 3.05) is 0 Å². The molecule has 0 saturated heterocycles. The van der Waals surface area contributed by atoms with Gasteiger partial charge in [-0.1, -0.05) is 12.2 Å². The van der Waals surface area contributed by atoms with Crippen molar-refractivity contribution in [2.45, 2.75) is 57.8 Å². The molecule has 0 aromatic heterocycles. The van der Waals surface area contributed by atoms with Crippen LogP contribution in [0, 0.1) is 23.7 Å². The van der Waals surface area contributed by atoms with Crippen LogP contribution < -0.4 is 0 Å². The second-order valence-corrected chi connectivity index (χ2v) is 5.76. The Kier molecular flexibility index (Phi) is 4.88. The van der Waals surface area contributed by atoms with Gasteiger partial charge in [-0.15, -0.1) is 13.2 Å². The first kappa shape index (κ1) is 12.9. The molecule has 2 saturated carbocycles. The van der Waals surface area contributed by atoms with Crippen molar-refractivity contribution < 1.29 is 0 Å². The third kappa shape index (κ3) is 3.47. The molecule has 0 spiro atoms. The van der Waals surface area contributed by atoms with Crippen molar-refractivity contribution in [1.29, 1.82) is 0 Å². The molecule has 0 unspecified atom stereocenters. The summed E-state index contributed by atoms with van der Waals surface area (Å²) in [6, 6.07) is 0. The fourth-order valence-electron chi connectivity index (χ4n) is 3.53. The molecule has 17 heavy (non-hydrogen) atoms. The highest BCUT2D eigenvalue weighted by molar-refractivity contribution is 5.12. The lowest BCUT2D eigenvalue weighted by Gasteiger charge is -2.36. The molecule has 2 aliphatic rings. The topological polar surface area (TPSA) is 0 Å². The normalized spacial score (nSPS) is 25.9. The Morgan fingerprint density at radius 2 is 1.59 bits per heavy atom. The highest BCUT2D eigenvalue weighted by Gasteiger charge is 2.30. The van der Waals surface area contributed by atoms with E-state index in [0.717, 1.165) is 11.8 Å². The monoisotopic (exact) mass is 230 g/mol. The molecule has 0 aromatic rings. The molecule has 94 valence electrons. The smallest absolute Gasteiger partial charge is 0.00299 e. The van der Waals surface area contributed by atoms with Crippen LogP contribution in [0.1, 0.15) is 57.8 Å². The van der Waals surface area contributed by atoms with Gasteiger partial charge in [-0.05, 0) is 81.5 Å². The number of hydrogen-bond donors (Lipinski definition) is 0. The van der Waals surface area contributed by atoms with Crippen molar-refractivity contribution in [3.63, 3.8) is 0 Å². The fraction of sp³-hybridized carbons (Fsp3) is 0.647. The van der Waals surface area contributed by atoms with E-state index in [9.17, 15) is 0 Å². The van der Waals surface area contributed by atoms with E-state index in [2.05, 4.69) is 25.3 Å². The van der Waals surface area contributed by atoms with E-state index in [-0.39, 0.29) is 0 Å². The third-order valence-electron chi connectivity index (χ3n) is 4.74. The van der Waals surface area contributed by atoms with Gasteiger partial charge in [0.15, 0.2) is 0 Å². The van der Waals surface area contributed by atoms with E-state index >= 15 is 0 Å². The highest BCUT2D eigenvalue weighted by Crippen LogP contribution is 2.43. The second-order valence-electron chi connectivity index (χ2n) is 5.76. The number of rotatable bonds is 4. The van der Waals surface area contributed by atoms with E-state index in [0.29, 0.717) is 0 Å². The number of hydrogen-bond acceptors (Lipinski definition) is 0. The Bertz CT molecular complexity index is 237. The van der Waals surface area contributed by atoms with Crippen LogP contribution in [0.2, 0.25) is 0 Å². The largest absolute Gasteiger partial charge is 0.103 e. The Labute approximate surface area is 107 Å². The third-order valence-corrected chi connectivity index (χ3v) is 4.74. The maximum absolute atomic E-state index is 3.90. The van der Waals surface area contributed by atoms with Crippen molar-refractivity contribution in [2.24, 2.45) is 11.8 Å². The highest BCUT2D eigenvalue weighted by atomic mass is 14.3. The molecule has 0 heteroatoms. The molecular formula is C17H26. The standard InChI is InChI=1S/C17H26/c1-3-5-15-8-12-17(13-9-15)16-10-6-14(4-2)7-11-16/h3-4,15-16H,1-2,5-13H2. The molecular weight excluding hydrogens is 204 g/mol. The van der Waals surface area contributed by atoms with Gasteiger partial charge in [0, 0.05) is 0 Å².